The predicted molar refractivity (Wildman–Crippen MR) is 108 cm³/mol. The van der Waals surface area contributed by atoms with Crippen LogP contribution in [0.4, 0.5) is 0 Å². The normalized spacial score (nSPS) is 11.0. The molecule has 0 aliphatic heterocycles. The van der Waals surface area contributed by atoms with E-state index in [4.69, 9.17) is 4.74 Å². The lowest BCUT2D eigenvalue weighted by molar-refractivity contribution is 0.144. The van der Waals surface area contributed by atoms with Gasteiger partial charge in [-0.05, 0) is 57.2 Å². The van der Waals surface area contributed by atoms with Crippen LogP contribution in [0.25, 0.3) is 0 Å². The van der Waals surface area contributed by atoms with E-state index >= 15 is 0 Å². The van der Waals surface area contributed by atoms with Crippen LogP contribution in [0.5, 0.6) is 0 Å². The number of aryl methyl sites for hydroxylation is 1. The molecule has 0 spiro atoms. The molecule has 6 heteroatoms. The first-order chi connectivity index (χ1) is 10.8. The van der Waals surface area contributed by atoms with E-state index in [0.29, 0.717) is 0 Å². The Morgan fingerprint density at radius 2 is 2.09 bits per heavy atom. The van der Waals surface area contributed by atoms with E-state index in [-0.39, 0.29) is 24.0 Å². The zero-order valence-electron chi connectivity index (χ0n) is 14.6. The van der Waals surface area contributed by atoms with Crippen molar-refractivity contribution in [1.29, 1.82) is 0 Å². The number of ether oxygens (including phenoxy) is 1. The van der Waals surface area contributed by atoms with E-state index in [1.54, 1.807) is 0 Å². The Labute approximate surface area is 157 Å². The topological polar surface area (TPSA) is 58.5 Å². The highest BCUT2D eigenvalue weighted by Crippen LogP contribution is 2.04. The third kappa shape index (κ3) is 10.5. The molecule has 132 valence electrons. The molecule has 0 aliphatic rings. The third-order valence-corrected chi connectivity index (χ3v) is 3.34. The molecule has 0 atom stereocenters. The number of halogens is 1. The minimum absolute atomic E-state index is 0. The SMILES string of the molecule is CCNC(=NCCCCOCC)NCCc1ccncc1C.I. The number of hydrogen-bond acceptors (Lipinski definition) is 3. The Morgan fingerprint density at radius 1 is 1.26 bits per heavy atom. The second-order valence-electron chi connectivity index (χ2n) is 5.14. The Kier molecular flexibility index (Phi) is 14.1. The van der Waals surface area contributed by atoms with Crippen molar-refractivity contribution in [3.63, 3.8) is 0 Å². The lowest BCUT2D eigenvalue weighted by atomic mass is 10.1. The summed E-state index contributed by atoms with van der Waals surface area (Å²) in [7, 11) is 0. The molecular formula is C17H31IN4O. The van der Waals surface area contributed by atoms with Gasteiger partial charge in [0.1, 0.15) is 0 Å². The maximum atomic E-state index is 5.33. The van der Waals surface area contributed by atoms with E-state index < -0.39 is 0 Å². The minimum atomic E-state index is 0. The van der Waals surface area contributed by atoms with E-state index in [2.05, 4.69) is 40.5 Å². The van der Waals surface area contributed by atoms with Crippen molar-refractivity contribution < 1.29 is 4.74 Å². The Balaban J connectivity index is 0.00000484. The summed E-state index contributed by atoms with van der Waals surface area (Å²) in [4.78, 5) is 8.71. The van der Waals surface area contributed by atoms with Gasteiger partial charge in [0.05, 0.1) is 0 Å². The van der Waals surface area contributed by atoms with Crippen LogP contribution >= 0.6 is 24.0 Å². The molecule has 5 nitrogen and oxygen atoms in total. The fourth-order valence-corrected chi connectivity index (χ4v) is 2.09. The summed E-state index contributed by atoms with van der Waals surface area (Å²) >= 11 is 0. The van der Waals surface area contributed by atoms with Crippen molar-refractivity contribution in [2.45, 2.75) is 40.0 Å². The first-order valence-corrected chi connectivity index (χ1v) is 8.27. The Hall–Kier alpha value is -0.890. The number of aromatic nitrogens is 1. The highest BCUT2D eigenvalue weighted by atomic mass is 127. The molecule has 0 saturated carbocycles. The molecule has 0 amide bonds. The zero-order valence-corrected chi connectivity index (χ0v) is 16.9. The molecule has 0 radical (unpaired) electrons. The molecule has 1 heterocycles. The Morgan fingerprint density at radius 3 is 2.78 bits per heavy atom. The first kappa shape index (κ1) is 22.1. The summed E-state index contributed by atoms with van der Waals surface area (Å²) in [6, 6.07) is 2.08. The number of unbranched alkanes of at least 4 members (excludes halogenated alkanes) is 1. The van der Waals surface area contributed by atoms with Crippen LogP contribution in [0.3, 0.4) is 0 Å². The van der Waals surface area contributed by atoms with Crippen LogP contribution in [-0.2, 0) is 11.2 Å². The van der Waals surface area contributed by atoms with Crippen LogP contribution in [-0.4, -0.2) is 43.8 Å². The molecule has 0 aliphatic carbocycles. The van der Waals surface area contributed by atoms with Crippen LogP contribution in [0, 0.1) is 6.92 Å². The summed E-state index contributed by atoms with van der Waals surface area (Å²) in [6.07, 6.45) is 6.85. The first-order valence-electron chi connectivity index (χ1n) is 8.27. The maximum absolute atomic E-state index is 5.33. The van der Waals surface area contributed by atoms with Gasteiger partial charge in [0.2, 0.25) is 0 Å². The largest absolute Gasteiger partial charge is 0.382 e. The van der Waals surface area contributed by atoms with Gasteiger partial charge in [-0.2, -0.15) is 0 Å². The molecule has 0 fully saturated rings. The highest BCUT2D eigenvalue weighted by Gasteiger charge is 2.00. The van der Waals surface area contributed by atoms with Gasteiger partial charge < -0.3 is 15.4 Å². The molecule has 23 heavy (non-hydrogen) atoms. The lowest BCUT2D eigenvalue weighted by Crippen LogP contribution is -2.38. The molecule has 0 saturated heterocycles. The number of rotatable bonds is 10. The quantitative estimate of drug-likeness (QED) is 0.257. The number of hydrogen-bond donors (Lipinski definition) is 2. The van der Waals surface area contributed by atoms with Gasteiger partial charge in [0.15, 0.2) is 5.96 Å². The van der Waals surface area contributed by atoms with Crippen molar-refractivity contribution >= 4 is 29.9 Å². The monoisotopic (exact) mass is 434 g/mol. The molecular weight excluding hydrogens is 403 g/mol. The van der Waals surface area contributed by atoms with Gasteiger partial charge in [-0.25, -0.2) is 0 Å². The van der Waals surface area contributed by atoms with Crippen LogP contribution < -0.4 is 10.6 Å². The van der Waals surface area contributed by atoms with Crippen LogP contribution in [0.15, 0.2) is 23.5 Å². The van der Waals surface area contributed by atoms with Gasteiger partial charge in [-0.15, -0.1) is 24.0 Å². The molecule has 1 aromatic heterocycles. The number of aliphatic imine (C=N–C) groups is 1. The van der Waals surface area contributed by atoms with E-state index in [1.165, 1.54) is 11.1 Å². The summed E-state index contributed by atoms with van der Waals surface area (Å²) < 4.78 is 5.33. The van der Waals surface area contributed by atoms with E-state index in [9.17, 15) is 0 Å². The van der Waals surface area contributed by atoms with Gasteiger partial charge in [0, 0.05) is 45.2 Å². The van der Waals surface area contributed by atoms with Crippen LogP contribution in [0.2, 0.25) is 0 Å². The average molecular weight is 434 g/mol. The van der Waals surface area contributed by atoms with Gasteiger partial charge in [-0.1, -0.05) is 0 Å². The standard InChI is InChI=1S/C17H30N4O.HI/c1-4-19-17(20-10-6-7-13-22-5-2)21-12-9-16-8-11-18-14-15(16)3;/h8,11,14H,4-7,9-10,12-13H2,1-3H3,(H2,19,20,21);1H. The smallest absolute Gasteiger partial charge is 0.191 e. The number of guanidine groups is 1. The molecule has 0 unspecified atom stereocenters. The average Bonchev–Trinajstić information content (AvgIpc) is 2.52. The zero-order chi connectivity index (χ0) is 16.0. The van der Waals surface area contributed by atoms with Crippen molar-refractivity contribution in [2.24, 2.45) is 4.99 Å². The van der Waals surface area contributed by atoms with Gasteiger partial charge in [0.25, 0.3) is 0 Å². The van der Waals surface area contributed by atoms with Crippen molar-refractivity contribution in [2.75, 3.05) is 32.8 Å². The molecule has 2 N–H and O–H groups in total. The fourth-order valence-electron chi connectivity index (χ4n) is 2.09. The fraction of sp³-hybridized carbons (Fsp3) is 0.647. The summed E-state index contributed by atoms with van der Waals surface area (Å²) in [5.41, 5.74) is 2.57. The number of nitrogens with zero attached hydrogens (tertiary/aromatic N) is 2. The Bertz CT molecular complexity index is 440. The lowest BCUT2D eigenvalue weighted by Gasteiger charge is -2.12. The number of pyridine rings is 1. The highest BCUT2D eigenvalue weighted by molar-refractivity contribution is 14.0. The molecule has 1 aromatic rings. The van der Waals surface area contributed by atoms with Crippen molar-refractivity contribution in [3.05, 3.63) is 29.6 Å². The minimum Gasteiger partial charge on any atom is -0.382 e. The predicted octanol–water partition coefficient (Wildman–Crippen LogP) is 2.92. The van der Waals surface area contributed by atoms with Crippen molar-refractivity contribution in [3.8, 4) is 0 Å². The van der Waals surface area contributed by atoms with Crippen LogP contribution in [0.1, 0.15) is 37.8 Å². The summed E-state index contributed by atoms with van der Waals surface area (Å²) in [6.45, 7) is 10.4. The second-order valence-corrected chi connectivity index (χ2v) is 5.14. The third-order valence-electron chi connectivity index (χ3n) is 3.34. The van der Waals surface area contributed by atoms with E-state index in [1.807, 2.05) is 19.3 Å². The summed E-state index contributed by atoms with van der Waals surface area (Å²) in [5.74, 6) is 0.894. The maximum Gasteiger partial charge on any atom is 0.191 e. The van der Waals surface area contributed by atoms with Gasteiger partial charge in [-0.3, -0.25) is 9.98 Å². The summed E-state index contributed by atoms with van der Waals surface area (Å²) in [5, 5.41) is 6.67. The second kappa shape index (κ2) is 14.7. The molecule has 0 bridgehead atoms. The van der Waals surface area contributed by atoms with E-state index in [0.717, 1.165) is 58.1 Å². The molecule has 0 aromatic carbocycles. The number of nitrogens with one attached hydrogen (secondary N) is 2. The molecule has 1 rings (SSSR count). The van der Waals surface area contributed by atoms with Crippen molar-refractivity contribution in [1.82, 2.24) is 15.6 Å². The van der Waals surface area contributed by atoms with Gasteiger partial charge >= 0.3 is 0 Å².